The summed E-state index contributed by atoms with van der Waals surface area (Å²) in [6, 6.07) is 6.82. The topological polar surface area (TPSA) is 72.2 Å². The fraction of sp³-hybridized carbons (Fsp3) is 0.231. The summed E-state index contributed by atoms with van der Waals surface area (Å²) >= 11 is 1.45. The molecule has 2 aromatic rings. The van der Waals surface area contributed by atoms with Crippen LogP contribution in [0.25, 0.3) is 0 Å². The second-order valence-electron chi connectivity index (χ2n) is 4.29. The van der Waals surface area contributed by atoms with E-state index in [4.69, 9.17) is 5.73 Å². The first kappa shape index (κ1) is 15.0. The molecule has 2 rings (SSSR count). The van der Waals surface area contributed by atoms with Crippen molar-refractivity contribution in [3.05, 3.63) is 46.4 Å². The van der Waals surface area contributed by atoms with Crippen LogP contribution in [-0.2, 0) is 10.0 Å². The van der Waals surface area contributed by atoms with E-state index < -0.39 is 20.7 Å². The Kier molecular flexibility index (Phi) is 4.42. The van der Waals surface area contributed by atoms with E-state index in [0.29, 0.717) is 6.42 Å². The predicted molar refractivity (Wildman–Crippen MR) is 78.5 cm³/mol. The van der Waals surface area contributed by atoms with Gasteiger partial charge in [-0.1, -0.05) is 13.0 Å². The van der Waals surface area contributed by atoms with Gasteiger partial charge >= 0.3 is 0 Å². The zero-order chi connectivity index (χ0) is 14.8. The smallest absolute Gasteiger partial charge is 0.244 e. The molecule has 1 heterocycles. The second kappa shape index (κ2) is 5.90. The van der Waals surface area contributed by atoms with Crippen molar-refractivity contribution in [2.75, 3.05) is 5.73 Å². The van der Waals surface area contributed by atoms with E-state index in [1.807, 2.05) is 24.4 Å². The standard InChI is InChI=1S/C13H15FN2O2S2/c1-2-11(12-4-3-7-19-12)16-20(17,18)13-8-9(15)5-6-10(13)14/h3-8,11,16H,2,15H2,1H3. The van der Waals surface area contributed by atoms with Crippen molar-refractivity contribution in [3.63, 3.8) is 0 Å². The zero-order valence-electron chi connectivity index (χ0n) is 10.8. The van der Waals surface area contributed by atoms with Gasteiger partial charge in [0.25, 0.3) is 0 Å². The lowest BCUT2D eigenvalue weighted by atomic mass is 10.2. The maximum atomic E-state index is 13.7. The maximum Gasteiger partial charge on any atom is 0.244 e. The molecule has 1 aromatic carbocycles. The van der Waals surface area contributed by atoms with E-state index in [-0.39, 0.29) is 11.7 Å². The predicted octanol–water partition coefficient (Wildman–Crippen LogP) is 2.90. The Balaban J connectivity index is 2.33. The number of nitrogens with one attached hydrogen (secondary N) is 1. The van der Waals surface area contributed by atoms with Gasteiger partial charge in [0.1, 0.15) is 10.7 Å². The lowest BCUT2D eigenvalue weighted by molar-refractivity contribution is 0.537. The minimum Gasteiger partial charge on any atom is -0.399 e. The van der Waals surface area contributed by atoms with Crippen LogP contribution in [0.5, 0.6) is 0 Å². The van der Waals surface area contributed by atoms with Crippen LogP contribution in [-0.4, -0.2) is 8.42 Å². The van der Waals surface area contributed by atoms with Crippen LogP contribution >= 0.6 is 11.3 Å². The van der Waals surface area contributed by atoms with Gasteiger partial charge in [0.15, 0.2) is 0 Å². The lowest BCUT2D eigenvalue weighted by Gasteiger charge is -2.16. The molecule has 0 saturated heterocycles. The summed E-state index contributed by atoms with van der Waals surface area (Å²) in [5.41, 5.74) is 5.73. The third kappa shape index (κ3) is 3.17. The van der Waals surface area contributed by atoms with E-state index in [1.165, 1.54) is 17.4 Å². The third-order valence-electron chi connectivity index (χ3n) is 2.84. The minimum absolute atomic E-state index is 0.205. The highest BCUT2D eigenvalue weighted by molar-refractivity contribution is 7.89. The molecule has 1 atom stereocenters. The van der Waals surface area contributed by atoms with Gasteiger partial charge in [-0.25, -0.2) is 17.5 Å². The van der Waals surface area contributed by atoms with Crippen molar-refractivity contribution in [1.82, 2.24) is 4.72 Å². The molecule has 0 saturated carbocycles. The number of halogens is 1. The molecule has 0 bridgehead atoms. The monoisotopic (exact) mass is 314 g/mol. The highest BCUT2D eigenvalue weighted by Crippen LogP contribution is 2.25. The largest absolute Gasteiger partial charge is 0.399 e. The number of anilines is 1. The molecule has 1 unspecified atom stereocenters. The molecule has 0 spiro atoms. The van der Waals surface area contributed by atoms with Gasteiger partial charge < -0.3 is 5.73 Å². The van der Waals surface area contributed by atoms with Gasteiger partial charge in [0, 0.05) is 10.6 Å². The van der Waals surface area contributed by atoms with Crippen LogP contribution in [0.3, 0.4) is 0 Å². The van der Waals surface area contributed by atoms with Gasteiger partial charge in [-0.05, 0) is 36.1 Å². The number of rotatable bonds is 5. The number of hydrogen-bond acceptors (Lipinski definition) is 4. The van der Waals surface area contributed by atoms with Gasteiger partial charge in [0.2, 0.25) is 10.0 Å². The number of thiophene rings is 1. The highest BCUT2D eigenvalue weighted by Gasteiger charge is 2.24. The van der Waals surface area contributed by atoms with Crippen molar-refractivity contribution < 1.29 is 12.8 Å². The van der Waals surface area contributed by atoms with Crippen molar-refractivity contribution in [2.24, 2.45) is 0 Å². The van der Waals surface area contributed by atoms with Crippen LogP contribution in [0, 0.1) is 5.82 Å². The summed E-state index contributed by atoms with van der Waals surface area (Å²) in [7, 11) is -3.95. The normalized spacial score (nSPS) is 13.3. The van der Waals surface area contributed by atoms with Crippen LogP contribution in [0.4, 0.5) is 10.1 Å². The van der Waals surface area contributed by atoms with E-state index in [9.17, 15) is 12.8 Å². The average molecular weight is 314 g/mol. The average Bonchev–Trinajstić information content (AvgIpc) is 2.92. The molecule has 0 amide bonds. The van der Waals surface area contributed by atoms with Crippen LogP contribution in [0.2, 0.25) is 0 Å². The van der Waals surface area contributed by atoms with Crippen LogP contribution < -0.4 is 10.5 Å². The lowest BCUT2D eigenvalue weighted by Crippen LogP contribution is -2.28. The van der Waals surface area contributed by atoms with Crippen molar-refractivity contribution in [3.8, 4) is 0 Å². The molecular weight excluding hydrogens is 299 g/mol. The second-order valence-corrected chi connectivity index (χ2v) is 6.95. The minimum atomic E-state index is -3.95. The molecule has 20 heavy (non-hydrogen) atoms. The molecular formula is C13H15FN2O2S2. The number of nitrogens with two attached hydrogens (primary N) is 1. The summed E-state index contributed by atoms with van der Waals surface area (Å²) in [5.74, 6) is -0.812. The number of nitrogen functional groups attached to an aromatic ring is 1. The van der Waals surface area contributed by atoms with Crippen LogP contribution in [0.1, 0.15) is 24.3 Å². The molecule has 7 heteroatoms. The van der Waals surface area contributed by atoms with Gasteiger partial charge in [0.05, 0.1) is 6.04 Å². The highest BCUT2D eigenvalue weighted by atomic mass is 32.2. The Morgan fingerprint density at radius 2 is 2.15 bits per heavy atom. The Hall–Kier alpha value is -1.44. The summed E-state index contributed by atoms with van der Waals surface area (Å²) in [6.45, 7) is 1.86. The molecule has 0 aliphatic heterocycles. The summed E-state index contributed by atoms with van der Waals surface area (Å²) < 4.78 is 40.7. The van der Waals surface area contributed by atoms with Gasteiger partial charge in [-0.15, -0.1) is 11.3 Å². The van der Waals surface area contributed by atoms with Crippen molar-refractivity contribution in [1.29, 1.82) is 0 Å². The quantitative estimate of drug-likeness (QED) is 0.834. The van der Waals surface area contributed by atoms with Gasteiger partial charge in [-0.3, -0.25) is 0 Å². The fourth-order valence-corrected chi connectivity index (χ4v) is 4.16. The van der Waals surface area contributed by atoms with E-state index in [1.54, 1.807) is 0 Å². The summed E-state index contributed by atoms with van der Waals surface area (Å²) in [6.07, 6.45) is 0.573. The fourth-order valence-electron chi connectivity index (χ4n) is 1.81. The maximum absolute atomic E-state index is 13.7. The molecule has 3 N–H and O–H groups in total. The number of sulfonamides is 1. The molecule has 0 aliphatic carbocycles. The Bertz CT molecular complexity index is 684. The van der Waals surface area contributed by atoms with E-state index in [2.05, 4.69) is 4.72 Å². The van der Waals surface area contributed by atoms with E-state index >= 15 is 0 Å². The Morgan fingerprint density at radius 3 is 2.75 bits per heavy atom. The molecule has 1 aromatic heterocycles. The molecule has 4 nitrogen and oxygen atoms in total. The molecule has 108 valence electrons. The molecule has 0 aliphatic rings. The Morgan fingerprint density at radius 1 is 1.40 bits per heavy atom. The molecule has 0 radical (unpaired) electrons. The SMILES string of the molecule is CCC(NS(=O)(=O)c1cc(N)ccc1F)c1cccs1. The third-order valence-corrected chi connectivity index (χ3v) is 5.31. The summed E-state index contributed by atoms with van der Waals surface area (Å²) in [4.78, 5) is 0.466. The van der Waals surface area contributed by atoms with Gasteiger partial charge in [-0.2, -0.15) is 0 Å². The van der Waals surface area contributed by atoms with Crippen molar-refractivity contribution >= 4 is 27.0 Å². The van der Waals surface area contributed by atoms with E-state index in [0.717, 1.165) is 17.0 Å². The number of benzene rings is 1. The van der Waals surface area contributed by atoms with Crippen molar-refractivity contribution in [2.45, 2.75) is 24.3 Å². The summed E-state index contributed by atoms with van der Waals surface area (Å²) in [5, 5.41) is 1.87. The number of hydrogen-bond donors (Lipinski definition) is 2. The first-order valence-electron chi connectivity index (χ1n) is 6.05. The zero-order valence-corrected chi connectivity index (χ0v) is 12.5. The molecule has 0 fully saturated rings. The first-order valence-corrected chi connectivity index (χ1v) is 8.41. The first-order chi connectivity index (χ1) is 9.44. The van der Waals surface area contributed by atoms with Crippen LogP contribution in [0.15, 0.2) is 40.6 Å². The Labute approximate surface area is 121 Å².